The van der Waals surface area contributed by atoms with Crippen molar-refractivity contribution >= 4 is 28.7 Å². The third kappa shape index (κ3) is 3.12. The lowest BCUT2D eigenvalue weighted by Crippen LogP contribution is -2.18. The van der Waals surface area contributed by atoms with Crippen molar-refractivity contribution in [2.75, 3.05) is 16.8 Å². The van der Waals surface area contributed by atoms with E-state index in [1.807, 2.05) is 11.8 Å². The molecule has 0 aliphatic carbocycles. The second kappa shape index (κ2) is 5.40. The van der Waals surface area contributed by atoms with Gasteiger partial charge >= 0.3 is 0 Å². The first kappa shape index (κ1) is 12.2. The van der Waals surface area contributed by atoms with E-state index in [-0.39, 0.29) is 5.82 Å². The van der Waals surface area contributed by atoms with Gasteiger partial charge in [-0.3, -0.25) is 0 Å². The fraction of sp³-hybridized carbons (Fsp3) is 0.417. The topological polar surface area (TPSA) is 40.7 Å². The first-order chi connectivity index (χ1) is 8.19. The van der Waals surface area contributed by atoms with Gasteiger partial charge in [-0.2, -0.15) is 11.8 Å². The Morgan fingerprint density at radius 1 is 1.53 bits per heavy atom. The predicted octanol–water partition coefficient (Wildman–Crippen LogP) is 3.26. The van der Waals surface area contributed by atoms with Crippen molar-refractivity contribution in [3.8, 4) is 0 Å². The summed E-state index contributed by atoms with van der Waals surface area (Å²) in [6, 6.07) is 4.89. The van der Waals surface area contributed by atoms with Crippen LogP contribution in [-0.2, 0) is 0 Å². The van der Waals surface area contributed by atoms with Gasteiger partial charge in [-0.25, -0.2) is 9.37 Å². The highest BCUT2D eigenvalue weighted by atomic mass is 32.2. The van der Waals surface area contributed by atoms with Crippen LogP contribution in [0.5, 0.6) is 0 Å². The van der Waals surface area contributed by atoms with E-state index in [2.05, 4.69) is 29.1 Å². The SMILES string of the molecule is CCSCC(C)Nc1nc2ccc(F)cc2[nH]1. The van der Waals surface area contributed by atoms with Gasteiger partial charge < -0.3 is 10.3 Å². The lowest BCUT2D eigenvalue weighted by molar-refractivity contribution is 0.629. The lowest BCUT2D eigenvalue weighted by Gasteiger charge is -2.11. The Labute approximate surface area is 104 Å². The number of imidazole rings is 1. The molecule has 0 radical (unpaired) electrons. The summed E-state index contributed by atoms with van der Waals surface area (Å²) < 4.78 is 13.0. The Bertz CT molecular complexity index is 497. The molecule has 0 saturated heterocycles. The molecule has 0 amide bonds. The van der Waals surface area contributed by atoms with Crippen LogP contribution < -0.4 is 5.32 Å². The largest absolute Gasteiger partial charge is 0.353 e. The van der Waals surface area contributed by atoms with E-state index >= 15 is 0 Å². The minimum absolute atomic E-state index is 0.248. The number of aromatic amines is 1. The van der Waals surface area contributed by atoms with Crippen LogP contribution in [0.3, 0.4) is 0 Å². The van der Waals surface area contributed by atoms with Crippen LogP contribution in [0.15, 0.2) is 18.2 Å². The van der Waals surface area contributed by atoms with Crippen molar-refractivity contribution in [1.82, 2.24) is 9.97 Å². The average Bonchev–Trinajstić information content (AvgIpc) is 2.67. The van der Waals surface area contributed by atoms with Crippen molar-refractivity contribution < 1.29 is 4.39 Å². The van der Waals surface area contributed by atoms with Crippen LogP contribution in [0, 0.1) is 5.82 Å². The highest BCUT2D eigenvalue weighted by Crippen LogP contribution is 2.16. The van der Waals surface area contributed by atoms with Gasteiger partial charge in [0, 0.05) is 11.8 Å². The smallest absolute Gasteiger partial charge is 0.201 e. The van der Waals surface area contributed by atoms with E-state index in [1.54, 1.807) is 6.07 Å². The number of thioether (sulfide) groups is 1. The highest BCUT2D eigenvalue weighted by molar-refractivity contribution is 7.99. The summed E-state index contributed by atoms with van der Waals surface area (Å²) in [5, 5.41) is 3.28. The molecule has 3 nitrogen and oxygen atoms in total. The van der Waals surface area contributed by atoms with E-state index < -0.39 is 0 Å². The first-order valence-electron chi connectivity index (χ1n) is 5.68. The second-order valence-corrected chi connectivity index (χ2v) is 5.27. The van der Waals surface area contributed by atoms with Crippen molar-refractivity contribution in [2.24, 2.45) is 0 Å². The molecule has 1 unspecified atom stereocenters. The fourth-order valence-corrected chi connectivity index (χ4v) is 2.29. The van der Waals surface area contributed by atoms with E-state index in [4.69, 9.17) is 0 Å². The Kier molecular flexibility index (Phi) is 3.89. The number of fused-ring (bicyclic) bond motifs is 1. The number of anilines is 1. The molecule has 1 aromatic heterocycles. The number of nitrogens with one attached hydrogen (secondary N) is 2. The van der Waals surface area contributed by atoms with Gasteiger partial charge in [-0.05, 0) is 30.9 Å². The fourth-order valence-electron chi connectivity index (χ4n) is 1.62. The summed E-state index contributed by atoms with van der Waals surface area (Å²) in [7, 11) is 0. The maximum absolute atomic E-state index is 13.0. The molecule has 92 valence electrons. The van der Waals surface area contributed by atoms with E-state index in [0.29, 0.717) is 12.0 Å². The van der Waals surface area contributed by atoms with Crippen LogP contribution in [0.2, 0.25) is 0 Å². The third-order valence-corrected chi connectivity index (χ3v) is 3.54. The Balaban J connectivity index is 2.08. The molecule has 5 heteroatoms. The number of aromatic nitrogens is 2. The summed E-state index contributed by atoms with van der Waals surface area (Å²) >= 11 is 1.88. The third-order valence-electron chi connectivity index (χ3n) is 2.40. The Hall–Kier alpha value is -1.23. The highest BCUT2D eigenvalue weighted by Gasteiger charge is 2.06. The number of hydrogen-bond acceptors (Lipinski definition) is 3. The summed E-state index contributed by atoms with van der Waals surface area (Å²) in [6.45, 7) is 4.25. The van der Waals surface area contributed by atoms with Crippen LogP contribution in [-0.4, -0.2) is 27.5 Å². The molecule has 2 N–H and O–H groups in total. The van der Waals surface area contributed by atoms with Crippen molar-refractivity contribution in [2.45, 2.75) is 19.9 Å². The van der Waals surface area contributed by atoms with Gasteiger partial charge in [0.1, 0.15) is 5.82 Å². The van der Waals surface area contributed by atoms with Crippen LogP contribution in [0.1, 0.15) is 13.8 Å². The number of halogens is 1. The molecule has 0 aliphatic rings. The van der Waals surface area contributed by atoms with Crippen molar-refractivity contribution in [3.63, 3.8) is 0 Å². The molecule has 17 heavy (non-hydrogen) atoms. The quantitative estimate of drug-likeness (QED) is 0.859. The van der Waals surface area contributed by atoms with E-state index in [9.17, 15) is 4.39 Å². The molecule has 1 aromatic carbocycles. The van der Waals surface area contributed by atoms with Crippen molar-refractivity contribution in [3.05, 3.63) is 24.0 Å². The molecule has 1 heterocycles. The molecule has 0 aliphatic heterocycles. The number of H-pyrrole nitrogens is 1. The van der Waals surface area contributed by atoms with Crippen LogP contribution >= 0.6 is 11.8 Å². The molecular formula is C12H16FN3S. The number of benzene rings is 1. The molecule has 0 saturated carbocycles. The van der Waals surface area contributed by atoms with Gasteiger partial charge in [-0.1, -0.05) is 6.92 Å². The molecule has 1 atom stereocenters. The van der Waals surface area contributed by atoms with Crippen LogP contribution in [0.4, 0.5) is 10.3 Å². The minimum Gasteiger partial charge on any atom is -0.353 e. The molecule has 0 bridgehead atoms. The maximum atomic E-state index is 13.0. The van der Waals surface area contributed by atoms with E-state index in [0.717, 1.165) is 22.5 Å². The summed E-state index contributed by atoms with van der Waals surface area (Å²) in [4.78, 5) is 7.43. The van der Waals surface area contributed by atoms with Gasteiger partial charge in [-0.15, -0.1) is 0 Å². The zero-order valence-corrected chi connectivity index (χ0v) is 10.8. The van der Waals surface area contributed by atoms with Gasteiger partial charge in [0.15, 0.2) is 0 Å². The molecular weight excluding hydrogens is 237 g/mol. The Morgan fingerprint density at radius 3 is 3.12 bits per heavy atom. The lowest BCUT2D eigenvalue weighted by atomic mass is 10.3. The van der Waals surface area contributed by atoms with E-state index in [1.165, 1.54) is 12.1 Å². The van der Waals surface area contributed by atoms with Gasteiger partial charge in [0.05, 0.1) is 11.0 Å². The summed E-state index contributed by atoms with van der Waals surface area (Å²) in [5.41, 5.74) is 1.51. The standard InChI is InChI=1S/C12H16FN3S/c1-3-17-7-8(2)14-12-15-10-5-4-9(13)6-11(10)16-12/h4-6,8H,3,7H2,1-2H3,(H2,14,15,16). The second-order valence-electron chi connectivity index (χ2n) is 3.95. The zero-order chi connectivity index (χ0) is 12.3. The maximum Gasteiger partial charge on any atom is 0.201 e. The monoisotopic (exact) mass is 253 g/mol. The first-order valence-corrected chi connectivity index (χ1v) is 6.84. The predicted molar refractivity (Wildman–Crippen MR) is 72.1 cm³/mol. The number of hydrogen-bond donors (Lipinski definition) is 2. The number of nitrogens with zero attached hydrogens (tertiary/aromatic N) is 1. The Morgan fingerprint density at radius 2 is 2.35 bits per heavy atom. The summed E-state index contributed by atoms with van der Waals surface area (Å²) in [6.07, 6.45) is 0. The minimum atomic E-state index is -0.248. The molecule has 0 spiro atoms. The zero-order valence-electron chi connectivity index (χ0n) is 9.96. The van der Waals surface area contributed by atoms with Gasteiger partial charge in [0.25, 0.3) is 0 Å². The van der Waals surface area contributed by atoms with Gasteiger partial charge in [0.2, 0.25) is 5.95 Å². The van der Waals surface area contributed by atoms with Crippen molar-refractivity contribution in [1.29, 1.82) is 0 Å². The molecule has 2 rings (SSSR count). The van der Waals surface area contributed by atoms with Crippen LogP contribution in [0.25, 0.3) is 11.0 Å². The molecule has 0 fully saturated rings. The molecule has 2 aromatic rings. The average molecular weight is 253 g/mol. The number of rotatable bonds is 5. The normalized spacial score (nSPS) is 12.9. The summed E-state index contributed by atoms with van der Waals surface area (Å²) in [5.74, 6) is 2.59.